The molecule has 2 heteroatoms. The molecule has 1 rings (SSSR count). The summed E-state index contributed by atoms with van der Waals surface area (Å²) < 4.78 is 0. The second kappa shape index (κ2) is 14.6. The van der Waals surface area contributed by atoms with Gasteiger partial charge < -0.3 is 10.5 Å². The third kappa shape index (κ3) is 10.2. The zero-order valence-corrected chi connectivity index (χ0v) is 11.7. The highest BCUT2D eigenvalue weighted by atomic mass is 16.1. The van der Waals surface area contributed by atoms with Crippen LogP contribution in [0.4, 0.5) is 0 Å². The number of rotatable bonds is 4. The van der Waals surface area contributed by atoms with Gasteiger partial charge in [0.2, 0.25) is 0 Å². The third-order valence-corrected chi connectivity index (χ3v) is 2.81. The van der Waals surface area contributed by atoms with Crippen molar-refractivity contribution >= 4 is 6.29 Å². The molecule has 0 heterocycles. The average molecular weight is 231 g/mol. The lowest BCUT2D eigenvalue weighted by Crippen LogP contribution is -2.22. The molecule has 0 amide bonds. The van der Waals surface area contributed by atoms with E-state index in [1.54, 1.807) is 0 Å². The minimum absolute atomic E-state index is 0. The van der Waals surface area contributed by atoms with Crippen LogP contribution in [-0.2, 0) is 4.79 Å². The van der Waals surface area contributed by atoms with E-state index in [1.165, 1.54) is 32.1 Å². The summed E-state index contributed by atoms with van der Waals surface area (Å²) in [6, 6.07) is -0.216. The van der Waals surface area contributed by atoms with Gasteiger partial charge in [0.1, 0.15) is 6.29 Å². The van der Waals surface area contributed by atoms with Gasteiger partial charge in [-0.05, 0) is 18.8 Å². The SMILES string of the molecule is CC.CC.N[C@H](C=O)CCC1CCCCC1.[HH]. The molecule has 16 heavy (non-hydrogen) atoms. The predicted octanol–water partition coefficient (Wildman–Crippen LogP) is 4.17. The normalized spacial score (nSPS) is 17.3. The first-order valence-corrected chi connectivity index (χ1v) is 7.04. The van der Waals surface area contributed by atoms with Gasteiger partial charge in [0.15, 0.2) is 0 Å². The Labute approximate surface area is 103 Å². The van der Waals surface area contributed by atoms with E-state index >= 15 is 0 Å². The van der Waals surface area contributed by atoms with E-state index in [1.807, 2.05) is 27.7 Å². The molecule has 0 aromatic rings. The van der Waals surface area contributed by atoms with Crippen molar-refractivity contribution in [1.82, 2.24) is 0 Å². The molecule has 0 spiro atoms. The number of hydrogen-bond donors (Lipinski definition) is 1. The zero-order chi connectivity index (χ0) is 12.8. The molecule has 0 aromatic carbocycles. The first-order chi connectivity index (χ1) is 7.83. The summed E-state index contributed by atoms with van der Waals surface area (Å²) in [5.41, 5.74) is 5.52. The van der Waals surface area contributed by atoms with Crippen molar-refractivity contribution in [2.75, 3.05) is 0 Å². The second-order valence-electron chi connectivity index (χ2n) is 3.88. The van der Waals surface area contributed by atoms with Crippen molar-refractivity contribution in [3.63, 3.8) is 0 Å². The number of hydrogen-bond acceptors (Lipinski definition) is 2. The maximum absolute atomic E-state index is 10.3. The lowest BCUT2D eigenvalue weighted by Gasteiger charge is -2.21. The van der Waals surface area contributed by atoms with Gasteiger partial charge in [0.05, 0.1) is 6.04 Å². The number of carbonyl (C=O) groups is 1. The fourth-order valence-electron chi connectivity index (χ4n) is 1.97. The Kier molecular flexibility index (Phi) is 16.5. The maximum atomic E-state index is 10.3. The molecule has 0 aliphatic heterocycles. The minimum atomic E-state index is -0.216. The molecular formula is C14H33NO. The summed E-state index contributed by atoms with van der Waals surface area (Å²) in [5, 5.41) is 0. The Bertz CT molecular complexity index is 136. The third-order valence-electron chi connectivity index (χ3n) is 2.81. The fraction of sp³-hybridized carbons (Fsp3) is 0.929. The summed E-state index contributed by atoms with van der Waals surface area (Å²) in [6.45, 7) is 8.00. The van der Waals surface area contributed by atoms with Crippen LogP contribution in [0.25, 0.3) is 0 Å². The largest absolute Gasteiger partial charge is 0.322 e. The minimum Gasteiger partial charge on any atom is -0.322 e. The molecular weight excluding hydrogens is 198 g/mol. The monoisotopic (exact) mass is 231 g/mol. The van der Waals surface area contributed by atoms with Crippen LogP contribution in [0, 0.1) is 5.92 Å². The smallest absolute Gasteiger partial charge is 0.136 e. The Balaban J connectivity index is -0.000000355. The standard InChI is InChI=1S/C10H19NO.2C2H6.H2/c11-10(8-12)7-6-9-4-2-1-3-5-9;2*1-2;/h8-10H,1-7,11H2;2*1-2H3;1H/t10-;;;/m0.../s1. The van der Waals surface area contributed by atoms with E-state index in [0.29, 0.717) is 0 Å². The van der Waals surface area contributed by atoms with E-state index in [4.69, 9.17) is 5.73 Å². The van der Waals surface area contributed by atoms with Gasteiger partial charge >= 0.3 is 0 Å². The predicted molar refractivity (Wildman–Crippen MR) is 74.7 cm³/mol. The quantitative estimate of drug-likeness (QED) is 0.738. The van der Waals surface area contributed by atoms with Crippen LogP contribution in [0.1, 0.15) is 74.1 Å². The van der Waals surface area contributed by atoms with Gasteiger partial charge in [-0.3, -0.25) is 0 Å². The summed E-state index contributed by atoms with van der Waals surface area (Å²) >= 11 is 0. The van der Waals surface area contributed by atoms with Crippen LogP contribution < -0.4 is 5.73 Å². The second-order valence-corrected chi connectivity index (χ2v) is 3.88. The Morgan fingerprint density at radius 1 is 1.19 bits per heavy atom. The lowest BCUT2D eigenvalue weighted by molar-refractivity contribution is -0.109. The highest BCUT2D eigenvalue weighted by Gasteiger charge is 2.13. The molecule has 0 saturated heterocycles. The Morgan fingerprint density at radius 2 is 1.69 bits per heavy atom. The summed E-state index contributed by atoms with van der Waals surface area (Å²) in [4.78, 5) is 10.3. The van der Waals surface area contributed by atoms with Crippen LogP contribution in [0.15, 0.2) is 0 Å². The van der Waals surface area contributed by atoms with Gasteiger partial charge in [-0.25, -0.2) is 0 Å². The molecule has 100 valence electrons. The Hall–Kier alpha value is -0.370. The lowest BCUT2D eigenvalue weighted by atomic mass is 9.85. The van der Waals surface area contributed by atoms with Crippen LogP contribution in [0.5, 0.6) is 0 Å². The molecule has 2 N–H and O–H groups in total. The molecule has 0 aromatic heterocycles. The van der Waals surface area contributed by atoms with Crippen molar-refractivity contribution in [1.29, 1.82) is 0 Å². The van der Waals surface area contributed by atoms with Crippen molar-refractivity contribution in [3.8, 4) is 0 Å². The van der Waals surface area contributed by atoms with Crippen LogP contribution in [-0.4, -0.2) is 12.3 Å². The summed E-state index contributed by atoms with van der Waals surface area (Å²) in [6.07, 6.45) is 9.76. The van der Waals surface area contributed by atoms with Crippen LogP contribution in [0.2, 0.25) is 0 Å². The van der Waals surface area contributed by atoms with Gasteiger partial charge in [-0.1, -0.05) is 59.8 Å². The maximum Gasteiger partial charge on any atom is 0.136 e. The zero-order valence-electron chi connectivity index (χ0n) is 11.7. The van der Waals surface area contributed by atoms with E-state index in [9.17, 15) is 4.79 Å². The number of nitrogens with two attached hydrogens (primary N) is 1. The molecule has 2 nitrogen and oxygen atoms in total. The first-order valence-electron chi connectivity index (χ1n) is 7.04. The molecule has 0 bridgehead atoms. The van der Waals surface area contributed by atoms with Crippen molar-refractivity contribution < 1.29 is 6.22 Å². The molecule has 0 radical (unpaired) electrons. The topological polar surface area (TPSA) is 43.1 Å². The van der Waals surface area contributed by atoms with E-state index in [0.717, 1.165) is 25.0 Å². The number of carbonyl (C=O) groups excluding carboxylic acids is 1. The average Bonchev–Trinajstić information content (AvgIpc) is 2.41. The van der Waals surface area contributed by atoms with Crippen molar-refractivity contribution in [3.05, 3.63) is 0 Å². The Morgan fingerprint density at radius 3 is 2.12 bits per heavy atom. The molecule has 1 aliphatic carbocycles. The van der Waals surface area contributed by atoms with Gasteiger partial charge in [-0.15, -0.1) is 0 Å². The van der Waals surface area contributed by atoms with E-state index < -0.39 is 0 Å². The number of aldehydes is 1. The molecule has 0 unspecified atom stereocenters. The van der Waals surface area contributed by atoms with E-state index in [-0.39, 0.29) is 7.47 Å². The van der Waals surface area contributed by atoms with Crippen molar-refractivity contribution in [2.45, 2.75) is 78.7 Å². The molecule has 1 saturated carbocycles. The highest BCUT2D eigenvalue weighted by Crippen LogP contribution is 2.27. The highest BCUT2D eigenvalue weighted by molar-refractivity contribution is 5.56. The molecule has 1 aliphatic rings. The van der Waals surface area contributed by atoms with Crippen LogP contribution >= 0.6 is 0 Å². The molecule has 1 atom stereocenters. The summed E-state index contributed by atoms with van der Waals surface area (Å²) in [5.74, 6) is 0.852. The molecule has 1 fully saturated rings. The van der Waals surface area contributed by atoms with Gasteiger partial charge in [0.25, 0.3) is 0 Å². The van der Waals surface area contributed by atoms with Crippen LogP contribution in [0.3, 0.4) is 0 Å². The fourth-order valence-corrected chi connectivity index (χ4v) is 1.97. The van der Waals surface area contributed by atoms with Gasteiger partial charge in [-0.2, -0.15) is 0 Å². The summed E-state index contributed by atoms with van der Waals surface area (Å²) in [7, 11) is 0. The van der Waals surface area contributed by atoms with Crippen molar-refractivity contribution in [2.24, 2.45) is 11.7 Å². The first kappa shape index (κ1) is 18.0. The van der Waals surface area contributed by atoms with Gasteiger partial charge in [0, 0.05) is 1.43 Å². The van der Waals surface area contributed by atoms with E-state index in [2.05, 4.69) is 0 Å².